The van der Waals surface area contributed by atoms with Gasteiger partial charge in [0.2, 0.25) is 0 Å². The number of hydrogen-bond donors (Lipinski definition) is 1. The van der Waals surface area contributed by atoms with Gasteiger partial charge >= 0.3 is 5.97 Å². The molecule has 2 nitrogen and oxygen atoms in total. The Kier molecular flexibility index (Phi) is 2.52. The molecule has 3 aliphatic carbocycles. The maximum atomic E-state index is 11.2. The molecule has 18 heavy (non-hydrogen) atoms. The second kappa shape index (κ2) is 3.95. The van der Waals surface area contributed by atoms with Gasteiger partial charge in [-0.1, -0.05) is 52.4 Å². The van der Waals surface area contributed by atoms with Crippen LogP contribution in [0.1, 0.15) is 6.42 Å². The van der Waals surface area contributed by atoms with Gasteiger partial charge in [0.1, 0.15) is 0 Å². The van der Waals surface area contributed by atoms with Crippen LogP contribution in [0, 0.1) is 5.41 Å². The van der Waals surface area contributed by atoms with E-state index in [1.807, 2.05) is 24.3 Å². The third kappa shape index (κ3) is 1.58. The molecule has 1 N–H and O–H groups in total. The van der Waals surface area contributed by atoms with Gasteiger partial charge in [0.25, 0.3) is 0 Å². The Bertz CT molecular complexity index is 614. The standard InChI is InChI=1S/C15H11BrO2/c16-13-7-11-3-1-2-6-15(11)9-10(14(17)18)4-5-12(15)8-13/h1-8H,9H2,(H,17,18). The van der Waals surface area contributed by atoms with Crippen LogP contribution in [-0.4, -0.2) is 11.1 Å². The summed E-state index contributed by atoms with van der Waals surface area (Å²) in [4.78, 5) is 11.2. The Morgan fingerprint density at radius 2 is 2.06 bits per heavy atom. The van der Waals surface area contributed by atoms with Crippen LogP contribution in [0.4, 0.5) is 0 Å². The first-order valence-electron chi connectivity index (χ1n) is 5.72. The van der Waals surface area contributed by atoms with Crippen molar-refractivity contribution in [1.82, 2.24) is 0 Å². The van der Waals surface area contributed by atoms with Crippen molar-refractivity contribution in [3.05, 3.63) is 69.8 Å². The zero-order chi connectivity index (χ0) is 12.8. The Balaban J connectivity index is 2.18. The first-order chi connectivity index (χ1) is 8.62. The van der Waals surface area contributed by atoms with E-state index in [1.165, 1.54) is 0 Å². The fourth-order valence-corrected chi connectivity index (χ4v) is 3.18. The number of halogens is 1. The summed E-state index contributed by atoms with van der Waals surface area (Å²) in [5.74, 6) is -0.837. The number of rotatable bonds is 1. The van der Waals surface area contributed by atoms with E-state index >= 15 is 0 Å². The van der Waals surface area contributed by atoms with Gasteiger partial charge in [0.15, 0.2) is 0 Å². The van der Waals surface area contributed by atoms with Crippen LogP contribution in [0.25, 0.3) is 0 Å². The van der Waals surface area contributed by atoms with Crippen molar-refractivity contribution in [2.24, 2.45) is 5.41 Å². The van der Waals surface area contributed by atoms with E-state index in [9.17, 15) is 9.90 Å². The lowest BCUT2D eigenvalue weighted by Crippen LogP contribution is -2.29. The van der Waals surface area contributed by atoms with Crippen molar-refractivity contribution in [3.63, 3.8) is 0 Å². The lowest BCUT2D eigenvalue weighted by molar-refractivity contribution is -0.133. The van der Waals surface area contributed by atoms with Gasteiger partial charge in [-0.05, 0) is 29.7 Å². The number of carbonyl (C=O) groups is 1. The molecule has 1 atom stereocenters. The summed E-state index contributed by atoms with van der Waals surface area (Å²) in [6.45, 7) is 0. The SMILES string of the molecule is O=C(O)C1=CC=C2C=C(Br)C=C3C=CC=CC23C1. The predicted octanol–water partition coefficient (Wildman–Crippen LogP) is 3.66. The lowest BCUT2D eigenvalue weighted by atomic mass is 9.64. The summed E-state index contributed by atoms with van der Waals surface area (Å²) >= 11 is 3.50. The molecule has 3 heteroatoms. The Hall–Kier alpha value is -1.61. The number of hydrogen-bond acceptors (Lipinski definition) is 1. The third-order valence-electron chi connectivity index (χ3n) is 3.59. The van der Waals surface area contributed by atoms with E-state index in [2.05, 4.69) is 34.2 Å². The van der Waals surface area contributed by atoms with Crippen LogP contribution in [-0.2, 0) is 4.79 Å². The average Bonchev–Trinajstić information content (AvgIpc) is 2.35. The van der Waals surface area contributed by atoms with Gasteiger partial charge in [0.05, 0.1) is 0 Å². The molecule has 0 aliphatic heterocycles. The van der Waals surface area contributed by atoms with Crippen LogP contribution in [0.15, 0.2) is 69.8 Å². The van der Waals surface area contributed by atoms with Gasteiger partial charge in [-0.3, -0.25) is 0 Å². The van der Waals surface area contributed by atoms with Crippen LogP contribution in [0.3, 0.4) is 0 Å². The summed E-state index contributed by atoms with van der Waals surface area (Å²) in [7, 11) is 0. The molecule has 0 heterocycles. The largest absolute Gasteiger partial charge is 0.478 e. The molecule has 0 fully saturated rings. The number of allylic oxidation sites excluding steroid dienone is 11. The first-order valence-corrected chi connectivity index (χ1v) is 6.51. The van der Waals surface area contributed by atoms with Gasteiger partial charge < -0.3 is 5.11 Å². The molecule has 1 spiro atoms. The second-order valence-electron chi connectivity index (χ2n) is 4.61. The summed E-state index contributed by atoms with van der Waals surface area (Å²) in [5.41, 5.74) is 2.43. The molecule has 3 rings (SSSR count). The van der Waals surface area contributed by atoms with Crippen LogP contribution in [0.2, 0.25) is 0 Å². The molecule has 0 radical (unpaired) electrons. The summed E-state index contributed by atoms with van der Waals surface area (Å²) in [6.07, 6.45) is 16.4. The van der Waals surface area contributed by atoms with Crippen molar-refractivity contribution in [3.8, 4) is 0 Å². The van der Waals surface area contributed by atoms with E-state index in [4.69, 9.17) is 0 Å². The zero-order valence-electron chi connectivity index (χ0n) is 9.56. The predicted molar refractivity (Wildman–Crippen MR) is 74.2 cm³/mol. The third-order valence-corrected chi connectivity index (χ3v) is 4.05. The van der Waals surface area contributed by atoms with Crippen LogP contribution < -0.4 is 0 Å². The van der Waals surface area contributed by atoms with Gasteiger partial charge in [0, 0.05) is 15.5 Å². The lowest BCUT2D eigenvalue weighted by Gasteiger charge is -2.39. The fraction of sp³-hybridized carbons (Fsp3) is 0.133. The molecule has 0 aromatic heterocycles. The molecule has 90 valence electrons. The van der Waals surface area contributed by atoms with Crippen molar-refractivity contribution < 1.29 is 9.90 Å². The first kappa shape index (κ1) is 11.5. The normalized spacial score (nSPS) is 28.5. The van der Waals surface area contributed by atoms with E-state index in [0.29, 0.717) is 12.0 Å². The maximum Gasteiger partial charge on any atom is 0.331 e. The maximum absolute atomic E-state index is 11.2. The quantitative estimate of drug-likeness (QED) is 0.802. The smallest absolute Gasteiger partial charge is 0.331 e. The van der Waals surface area contributed by atoms with Crippen molar-refractivity contribution in [2.75, 3.05) is 0 Å². The van der Waals surface area contributed by atoms with Crippen molar-refractivity contribution >= 4 is 21.9 Å². The summed E-state index contributed by atoms with van der Waals surface area (Å²) in [5, 5.41) is 9.18. The summed E-state index contributed by atoms with van der Waals surface area (Å²) < 4.78 is 1.02. The molecule has 0 saturated heterocycles. The Morgan fingerprint density at radius 3 is 2.83 bits per heavy atom. The molecule has 0 aromatic carbocycles. The van der Waals surface area contributed by atoms with E-state index in [-0.39, 0.29) is 5.41 Å². The highest BCUT2D eigenvalue weighted by Gasteiger charge is 2.40. The van der Waals surface area contributed by atoms with E-state index in [0.717, 1.165) is 15.6 Å². The highest BCUT2D eigenvalue weighted by atomic mass is 79.9. The number of carboxylic acid groups (broad SMARTS) is 1. The second-order valence-corrected chi connectivity index (χ2v) is 5.53. The van der Waals surface area contributed by atoms with Crippen LogP contribution >= 0.6 is 15.9 Å². The Labute approximate surface area is 114 Å². The van der Waals surface area contributed by atoms with Crippen LogP contribution in [0.5, 0.6) is 0 Å². The molecule has 0 amide bonds. The molecular weight excluding hydrogens is 292 g/mol. The van der Waals surface area contributed by atoms with Crippen molar-refractivity contribution in [1.29, 1.82) is 0 Å². The minimum Gasteiger partial charge on any atom is -0.478 e. The number of carboxylic acids is 1. The zero-order valence-corrected chi connectivity index (χ0v) is 11.1. The number of aliphatic carboxylic acids is 1. The molecule has 0 saturated carbocycles. The minimum absolute atomic E-state index is 0.297. The van der Waals surface area contributed by atoms with Crippen molar-refractivity contribution in [2.45, 2.75) is 6.42 Å². The minimum atomic E-state index is -0.837. The molecular formula is C15H11BrO2. The van der Waals surface area contributed by atoms with Gasteiger partial charge in [-0.2, -0.15) is 0 Å². The van der Waals surface area contributed by atoms with Gasteiger partial charge in [-0.15, -0.1) is 0 Å². The highest BCUT2D eigenvalue weighted by Crippen LogP contribution is 2.51. The highest BCUT2D eigenvalue weighted by molar-refractivity contribution is 9.11. The van der Waals surface area contributed by atoms with Gasteiger partial charge in [-0.25, -0.2) is 4.79 Å². The molecule has 1 unspecified atom stereocenters. The molecule has 3 aliphatic rings. The summed E-state index contributed by atoms with van der Waals surface area (Å²) in [6, 6.07) is 0. The molecule has 0 bridgehead atoms. The van der Waals surface area contributed by atoms with E-state index in [1.54, 1.807) is 6.08 Å². The topological polar surface area (TPSA) is 37.3 Å². The fourth-order valence-electron chi connectivity index (χ4n) is 2.69. The Morgan fingerprint density at radius 1 is 1.22 bits per heavy atom. The monoisotopic (exact) mass is 302 g/mol. The molecule has 0 aromatic rings. The average molecular weight is 303 g/mol. The van der Waals surface area contributed by atoms with E-state index < -0.39 is 5.97 Å².